The van der Waals surface area contributed by atoms with Crippen LogP contribution in [0, 0.1) is 5.92 Å². The molecule has 0 rings (SSSR count). The second-order valence-corrected chi connectivity index (χ2v) is 6.14. The van der Waals surface area contributed by atoms with E-state index in [0.29, 0.717) is 6.42 Å². The average Bonchev–Trinajstić information content (AvgIpc) is 2.57. The molecule has 0 saturated heterocycles. The number of carbonyl (C=O) groups excluding carboxylic acids is 3. The van der Waals surface area contributed by atoms with Crippen LogP contribution in [0.25, 0.3) is 0 Å². The lowest BCUT2D eigenvalue weighted by Gasteiger charge is -2.26. The van der Waals surface area contributed by atoms with Crippen LogP contribution in [0.4, 0.5) is 0 Å². The Labute approximate surface area is 151 Å². The lowest BCUT2D eigenvalue weighted by molar-refractivity contribution is -0.154. The zero-order valence-corrected chi connectivity index (χ0v) is 15.6. The largest absolute Gasteiger partial charge is 0.480 e. The molecule has 4 N–H and O–H groups in total. The fraction of sp³-hybridized carbons (Fsp3) is 0.733. The number of nitrogens with one attached hydrogen (secondary N) is 2. The first-order chi connectivity index (χ1) is 11.6. The summed E-state index contributed by atoms with van der Waals surface area (Å²) in [5, 5.41) is 21.9. The Morgan fingerprint density at radius 2 is 1.64 bits per heavy atom. The van der Waals surface area contributed by atoms with Crippen LogP contribution >= 0.6 is 12.6 Å². The second kappa shape index (κ2) is 10.9. The zero-order valence-electron chi connectivity index (χ0n) is 14.7. The molecule has 0 aromatic heterocycles. The molecule has 0 aliphatic carbocycles. The highest BCUT2D eigenvalue weighted by molar-refractivity contribution is 7.81. The average molecular weight is 378 g/mol. The van der Waals surface area contributed by atoms with Crippen molar-refractivity contribution in [1.82, 2.24) is 10.6 Å². The van der Waals surface area contributed by atoms with Gasteiger partial charge in [0.15, 0.2) is 6.10 Å². The maximum Gasteiger partial charge on any atom is 0.336 e. The molecule has 2 amide bonds. The van der Waals surface area contributed by atoms with Gasteiger partial charge in [0.05, 0.1) is 6.61 Å². The molecule has 10 heteroatoms. The molecule has 0 aliphatic heterocycles. The maximum atomic E-state index is 12.3. The lowest BCUT2D eigenvalue weighted by atomic mass is 9.97. The van der Waals surface area contributed by atoms with Crippen molar-refractivity contribution < 1.29 is 34.1 Å². The van der Waals surface area contributed by atoms with E-state index in [9.17, 15) is 24.3 Å². The summed E-state index contributed by atoms with van der Waals surface area (Å²) >= 11 is 3.91. The van der Waals surface area contributed by atoms with Gasteiger partial charge in [0.1, 0.15) is 17.3 Å². The van der Waals surface area contributed by atoms with Gasteiger partial charge in [-0.3, -0.25) is 14.4 Å². The summed E-state index contributed by atoms with van der Waals surface area (Å²) in [5.41, 5.74) is 0. The third-order valence-electron chi connectivity index (χ3n) is 3.62. The normalized spacial score (nSPS) is 16.7. The minimum atomic E-state index is -1.79. The Bertz CT molecular complexity index is 500. The molecule has 0 fully saturated rings. The van der Waals surface area contributed by atoms with Crippen molar-refractivity contribution in [3.63, 3.8) is 0 Å². The molecule has 0 bridgehead atoms. The highest BCUT2D eigenvalue weighted by Crippen LogP contribution is 2.11. The van der Waals surface area contributed by atoms with E-state index in [1.54, 1.807) is 20.8 Å². The molecular weight excluding hydrogens is 352 g/mol. The number of amides is 2. The van der Waals surface area contributed by atoms with Crippen molar-refractivity contribution in [3.05, 3.63) is 0 Å². The SMILES string of the molecule is CCOC(=O)[C@@H](O)[C@@H](S)C(=O)N[C@H](C(=O)N[C@@H](C)C(=O)O)[C@@H](C)CC. The monoisotopic (exact) mass is 378 g/mol. The molecule has 0 heterocycles. The van der Waals surface area contributed by atoms with Crippen LogP contribution in [0.2, 0.25) is 0 Å². The topological polar surface area (TPSA) is 142 Å². The highest BCUT2D eigenvalue weighted by atomic mass is 32.1. The summed E-state index contributed by atoms with van der Waals surface area (Å²) < 4.78 is 4.61. The molecule has 0 aliphatic rings. The fourth-order valence-corrected chi connectivity index (χ4v) is 2.00. The molecule has 0 unspecified atom stereocenters. The molecule has 0 radical (unpaired) electrons. The summed E-state index contributed by atoms with van der Waals surface area (Å²) in [6.45, 7) is 6.37. The van der Waals surface area contributed by atoms with Gasteiger partial charge >= 0.3 is 11.9 Å². The smallest absolute Gasteiger partial charge is 0.336 e. The Morgan fingerprint density at radius 1 is 1.08 bits per heavy atom. The molecule has 0 aromatic carbocycles. The minimum absolute atomic E-state index is 0.0307. The number of carbonyl (C=O) groups is 4. The number of aliphatic hydroxyl groups excluding tert-OH is 1. The van der Waals surface area contributed by atoms with Crippen LogP contribution in [0.5, 0.6) is 0 Å². The highest BCUT2D eigenvalue weighted by Gasteiger charge is 2.34. The van der Waals surface area contributed by atoms with E-state index in [-0.39, 0.29) is 12.5 Å². The quantitative estimate of drug-likeness (QED) is 0.251. The van der Waals surface area contributed by atoms with E-state index in [4.69, 9.17) is 5.11 Å². The van der Waals surface area contributed by atoms with Crippen molar-refractivity contribution in [2.24, 2.45) is 5.92 Å². The Balaban J connectivity index is 5.07. The molecule has 0 spiro atoms. The van der Waals surface area contributed by atoms with Crippen molar-refractivity contribution >= 4 is 36.4 Å². The van der Waals surface area contributed by atoms with Gasteiger partial charge in [-0.1, -0.05) is 20.3 Å². The van der Waals surface area contributed by atoms with Crippen LogP contribution in [0.3, 0.4) is 0 Å². The predicted octanol–water partition coefficient (Wildman–Crippen LogP) is -0.671. The summed E-state index contributed by atoms with van der Waals surface area (Å²) in [6.07, 6.45) is -1.26. The number of carboxylic acid groups (broad SMARTS) is 1. The molecule has 0 saturated carbocycles. The van der Waals surface area contributed by atoms with Gasteiger partial charge in [-0.05, 0) is 19.8 Å². The van der Waals surface area contributed by atoms with Crippen LogP contribution < -0.4 is 10.6 Å². The molecule has 25 heavy (non-hydrogen) atoms. The van der Waals surface area contributed by atoms with Crippen molar-refractivity contribution in [2.75, 3.05) is 6.61 Å². The molecule has 144 valence electrons. The molecule has 9 nitrogen and oxygen atoms in total. The first kappa shape index (κ1) is 23.2. The third-order valence-corrected chi connectivity index (χ3v) is 4.14. The Kier molecular flexibility index (Phi) is 10.1. The number of esters is 1. The molecule has 0 aromatic rings. The number of thiol groups is 1. The summed E-state index contributed by atoms with van der Waals surface area (Å²) in [5.74, 6) is -4.05. The minimum Gasteiger partial charge on any atom is -0.480 e. The van der Waals surface area contributed by atoms with Crippen LogP contribution in [-0.2, 0) is 23.9 Å². The van der Waals surface area contributed by atoms with Crippen LogP contribution in [0.1, 0.15) is 34.1 Å². The first-order valence-electron chi connectivity index (χ1n) is 7.93. The summed E-state index contributed by atoms with van der Waals surface area (Å²) in [6, 6.07) is -2.17. The fourth-order valence-electron chi connectivity index (χ4n) is 1.81. The summed E-state index contributed by atoms with van der Waals surface area (Å²) in [4.78, 5) is 46.8. The van der Waals surface area contributed by atoms with E-state index >= 15 is 0 Å². The van der Waals surface area contributed by atoms with E-state index in [2.05, 4.69) is 28.0 Å². The second-order valence-electron chi connectivity index (χ2n) is 5.58. The molecule has 5 atom stereocenters. The standard InChI is InChI=1S/C15H26N2O7S/c1-5-7(3)9(12(19)16-8(4)14(21)22)17-13(20)11(25)10(18)15(23)24-6-2/h7-11,18,25H,5-6H2,1-4H3,(H,16,19)(H,17,20)(H,21,22)/t7-,8-,9-,10-,11+/m0/s1. The Hall–Kier alpha value is -1.81. The van der Waals surface area contributed by atoms with E-state index in [0.717, 1.165) is 0 Å². The van der Waals surface area contributed by atoms with Crippen LogP contribution in [0.15, 0.2) is 0 Å². The van der Waals surface area contributed by atoms with E-state index < -0.39 is 47.2 Å². The van der Waals surface area contributed by atoms with Gasteiger partial charge in [0, 0.05) is 0 Å². The van der Waals surface area contributed by atoms with Gasteiger partial charge in [0.2, 0.25) is 11.8 Å². The number of rotatable bonds is 10. The number of hydrogen-bond donors (Lipinski definition) is 5. The summed E-state index contributed by atoms with van der Waals surface area (Å²) in [7, 11) is 0. The van der Waals surface area contributed by atoms with Crippen LogP contribution in [-0.4, -0.2) is 64.0 Å². The first-order valence-corrected chi connectivity index (χ1v) is 8.44. The van der Waals surface area contributed by atoms with Crippen molar-refractivity contribution in [2.45, 2.75) is 57.6 Å². The third kappa shape index (κ3) is 7.30. The zero-order chi connectivity index (χ0) is 19.7. The number of carboxylic acids is 1. The molecular formula is C15H26N2O7S. The lowest BCUT2D eigenvalue weighted by Crippen LogP contribution is -2.56. The number of aliphatic carboxylic acids is 1. The van der Waals surface area contributed by atoms with Crippen molar-refractivity contribution in [3.8, 4) is 0 Å². The Morgan fingerprint density at radius 3 is 2.08 bits per heavy atom. The number of aliphatic hydroxyl groups is 1. The van der Waals surface area contributed by atoms with Gasteiger partial charge in [0.25, 0.3) is 0 Å². The van der Waals surface area contributed by atoms with Crippen molar-refractivity contribution in [1.29, 1.82) is 0 Å². The van der Waals surface area contributed by atoms with Gasteiger partial charge in [-0.25, -0.2) is 4.79 Å². The van der Waals surface area contributed by atoms with Gasteiger partial charge in [-0.15, -0.1) is 0 Å². The number of ether oxygens (including phenoxy) is 1. The van der Waals surface area contributed by atoms with Gasteiger partial charge in [-0.2, -0.15) is 12.6 Å². The number of hydrogen-bond acceptors (Lipinski definition) is 7. The van der Waals surface area contributed by atoms with E-state index in [1.807, 2.05) is 0 Å². The maximum absolute atomic E-state index is 12.3. The van der Waals surface area contributed by atoms with E-state index in [1.165, 1.54) is 6.92 Å². The predicted molar refractivity (Wildman–Crippen MR) is 92.0 cm³/mol. The van der Waals surface area contributed by atoms with Gasteiger partial charge < -0.3 is 25.6 Å².